The van der Waals surface area contributed by atoms with Crippen molar-refractivity contribution in [1.29, 1.82) is 0 Å². The van der Waals surface area contributed by atoms with Crippen molar-refractivity contribution in [3.63, 3.8) is 0 Å². The molecule has 2 aromatic rings. The fourth-order valence-electron chi connectivity index (χ4n) is 2.88. The number of rotatable bonds is 7. The molecule has 1 heterocycles. The molecule has 0 spiro atoms. The zero-order valence-electron chi connectivity index (χ0n) is 16.6. The Kier molecular flexibility index (Phi) is 9.35. The van der Waals surface area contributed by atoms with Gasteiger partial charge >= 0.3 is 0 Å². The summed E-state index contributed by atoms with van der Waals surface area (Å²) in [6, 6.07) is 5.21. The van der Waals surface area contributed by atoms with E-state index in [9.17, 15) is 13.9 Å². The number of hydrogen-bond donors (Lipinski definition) is 3. The van der Waals surface area contributed by atoms with Crippen molar-refractivity contribution in [3.8, 4) is 0 Å². The van der Waals surface area contributed by atoms with Crippen LogP contribution in [0.5, 0.6) is 0 Å². The van der Waals surface area contributed by atoms with Gasteiger partial charge in [-0.2, -0.15) is 0 Å². The smallest absolute Gasteiger partial charge is 0.191 e. The molecule has 0 aliphatic rings. The number of aliphatic hydroxyl groups is 1. The summed E-state index contributed by atoms with van der Waals surface area (Å²) in [7, 11) is 0. The Morgan fingerprint density at radius 3 is 2.54 bits per heavy atom. The van der Waals surface area contributed by atoms with Gasteiger partial charge in [-0.3, -0.25) is 0 Å². The standard InChI is InChI=1S/C20H27F2N3O2.HI/c1-5-23-19(24-9-8-15-11-16(21)6-7-18(15)22)25-12-20(4,26)17-10-13(2)27-14(17)3;/h6-7,10-11,26H,5,8-9,12H2,1-4H3,(H2,23,24,25);1H. The Morgan fingerprint density at radius 1 is 1.21 bits per heavy atom. The van der Waals surface area contributed by atoms with Gasteiger partial charge < -0.3 is 20.2 Å². The van der Waals surface area contributed by atoms with Crippen LogP contribution in [0.1, 0.15) is 36.5 Å². The van der Waals surface area contributed by atoms with Crippen molar-refractivity contribution >= 4 is 29.9 Å². The lowest BCUT2D eigenvalue weighted by atomic mass is 9.96. The first-order valence-corrected chi connectivity index (χ1v) is 8.99. The SMILES string of the molecule is CCNC(=NCC(C)(O)c1cc(C)oc1C)NCCc1cc(F)ccc1F.I. The van der Waals surface area contributed by atoms with E-state index in [1.807, 2.05) is 13.8 Å². The number of nitrogens with one attached hydrogen (secondary N) is 2. The molecule has 1 unspecified atom stereocenters. The Bertz CT molecular complexity index is 807. The van der Waals surface area contributed by atoms with Crippen LogP contribution in [0.15, 0.2) is 33.7 Å². The Morgan fingerprint density at radius 2 is 1.93 bits per heavy atom. The third kappa shape index (κ3) is 6.73. The van der Waals surface area contributed by atoms with Gasteiger partial charge in [0.2, 0.25) is 0 Å². The normalized spacial score (nSPS) is 13.6. The van der Waals surface area contributed by atoms with Crippen LogP contribution in [0, 0.1) is 25.5 Å². The lowest BCUT2D eigenvalue weighted by Crippen LogP contribution is -2.39. The van der Waals surface area contributed by atoms with Gasteiger partial charge in [-0.1, -0.05) is 0 Å². The summed E-state index contributed by atoms with van der Waals surface area (Å²) in [5, 5.41) is 16.9. The molecule has 5 nitrogen and oxygen atoms in total. The molecule has 0 saturated carbocycles. The molecule has 1 aromatic carbocycles. The van der Waals surface area contributed by atoms with Gasteiger partial charge in [-0.25, -0.2) is 13.8 Å². The molecule has 2 rings (SSSR count). The molecule has 0 radical (unpaired) electrons. The maximum atomic E-state index is 13.7. The summed E-state index contributed by atoms with van der Waals surface area (Å²) in [6.07, 6.45) is 0.310. The van der Waals surface area contributed by atoms with E-state index < -0.39 is 17.2 Å². The predicted molar refractivity (Wildman–Crippen MR) is 117 cm³/mol. The first-order valence-electron chi connectivity index (χ1n) is 8.99. The topological polar surface area (TPSA) is 69.8 Å². The van der Waals surface area contributed by atoms with Gasteiger partial charge in [0.15, 0.2) is 5.96 Å². The zero-order valence-corrected chi connectivity index (χ0v) is 18.9. The van der Waals surface area contributed by atoms with Gasteiger partial charge in [-0.15, -0.1) is 24.0 Å². The highest BCUT2D eigenvalue weighted by atomic mass is 127. The van der Waals surface area contributed by atoms with Crippen LogP contribution in [-0.2, 0) is 12.0 Å². The number of halogens is 3. The zero-order chi connectivity index (χ0) is 20.0. The van der Waals surface area contributed by atoms with Crippen LogP contribution in [-0.4, -0.2) is 30.7 Å². The third-order valence-electron chi connectivity index (χ3n) is 4.21. The van der Waals surface area contributed by atoms with Crippen molar-refractivity contribution in [2.45, 2.75) is 39.7 Å². The molecule has 0 aliphatic carbocycles. The van der Waals surface area contributed by atoms with Gasteiger partial charge in [-0.05, 0) is 63.9 Å². The first-order chi connectivity index (χ1) is 12.7. The number of furan rings is 1. The Labute approximate surface area is 181 Å². The molecule has 0 fully saturated rings. The molecule has 0 aliphatic heterocycles. The number of nitrogens with zero attached hydrogens (tertiary/aromatic N) is 1. The second-order valence-corrected chi connectivity index (χ2v) is 6.71. The fourth-order valence-corrected chi connectivity index (χ4v) is 2.88. The average molecular weight is 507 g/mol. The minimum atomic E-state index is -1.18. The van der Waals surface area contributed by atoms with E-state index in [2.05, 4.69) is 15.6 Å². The summed E-state index contributed by atoms with van der Waals surface area (Å²) in [4.78, 5) is 4.42. The van der Waals surface area contributed by atoms with Crippen LogP contribution in [0.3, 0.4) is 0 Å². The minimum absolute atomic E-state index is 0. The highest BCUT2D eigenvalue weighted by Crippen LogP contribution is 2.27. The van der Waals surface area contributed by atoms with Crippen LogP contribution in [0.4, 0.5) is 8.78 Å². The number of hydrogen-bond acceptors (Lipinski definition) is 3. The highest BCUT2D eigenvalue weighted by molar-refractivity contribution is 14.0. The number of guanidine groups is 1. The van der Waals surface area contributed by atoms with Crippen molar-refractivity contribution in [1.82, 2.24) is 10.6 Å². The number of aliphatic imine (C=N–C) groups is 1. The Balaban J connectivity index is 0.00000392. The average Bonchev–Trinajstić information content (AvgIpc) is 2.95. The summed E-state index contributed by atoms with van der Waals surface area (Å²) < 4.78 is 32.4. The van der Waals surface area contributed by atoms with Crippen molar-refractivity contribution in [3.05, 3.63) is 58.5 Å². The molecule has 0 amide bonds. The predicted octanol–water partition coefficient (Wildman–Crippen LogP) is 3.80. The van der Waals surface area contributed by atoms with Gasteiger partial charge in [0.1, 0.15) is 28.8 Å². The number of aryl methyl sites for hydroxylation is 2. The molecule has 3 N–H and O–H groups in total. The second kappa shape index (κ2) is 10.8. The molecule has 1 atom stereocenters. The van der Waals surface area contributed by atoms with Crippen molar-refractivity contribution in [2.75, 3.05) is 19.6 Å². The lowest BCUT2D eigenvalue weighted by molar-refractivity contribution is 0.0657. The summed E-state index contributed by atoms with van der Waals surface area (Å²) >= 11 is 0. The molecular formula is C20H28F2IN3O2. The molecule has 0 bridgehead atoms. The van der Waals surface area contributed by atoms with Crippen molar-refractivity contribution < 1.29 is 18.3 Å². The van der Waals surface area contributed by atoms with E-state index in [-0.39, 0.29) is 30.5 Å². The first kappa shape index (κ1) is 24.4. The largest absolute Gasteiger partial charge is 0.466 e. The van der Waals surface area contributed by atoms with Crippen LogP contribution in [0.2, 0.25) is 0 Å². The molecule has 28 heavy (non-hydrogen) atoms. The molecular weight excluding hydrogens is 479 g/mol. The van der Waals surface area contributed by atoms with E-state index in [0.717, 1.165) is 17.9 Å². The monoisotopic (exact) mass is 507 g/mol. The van der Waals surface area contributed by atoms with E-state index in [1.165, 1.54) is 6.07 Å². The maximum absolute atomic E-state index is 13.7. The van der Waals surface area contributed by atoms with Crippen molar-refractivity contribution in [2.24, 2.45) is 4.99 Å². The van der Waals surface area contributed by atoms with Gasteiger partial charge in [0.25, 0.3) is 0 Å². The van der Waals surface area contributed by atoms with Crippen LogP contribution in [0.25, 0.3) is 0 Å². The second-order valence-electron chi connectivity index (χ2n) is 6.71. The highest BCUT2D eigenvalue weighted by Gasteiger charge is 2.27. The number of benzene rings is 1. The summed E-state index contributed by atoms with van der Waals surface area (Å²) in [6.45, 7) is 8.36. The molecule has 8 heteroatoms. The van der Waals surface area contributed by atoms with Gasteiger partial charge in [0.05, 0.1) is 6.54 Å². The van der Waals surface area contributed by atoms with Crippen LogP contribution < -0.4 is 10.6 Å². The summed E-state index contributed by atoms with van der Waals surface area (Å²) in [5.74, 6) is 0.983. The van der Waals surface area contributed by atoms with E-state index >= 15 is 0 Å². The third-order valence-corrected chi connectivity index (χ3v) is 4.21. The minimum Gasteiger partial charge on any atom is -0.466 e. The lowest BCUT2D eigenvalue weighted by Gasteiger charge is -2.21. The van der Waals surface area contributed by atoms with Crippen LogP contribution >= 0.6 is 24.0 Å². The molecule has 0 saturated heterocycles. The van der Waals surface area contributed by atoms with Gasteiger partial charge in [0, 0.05) is 18.7 Å². The maximum Gasteiger partial charge on any atom is 0.191 e. The van der Waals surface area contributed by atoms with E-state index in [4.69, 9.17) is 4.42 Å². The van der Waals surface area contributed by atoms with E-state index in [1.54, 1.807) is 19.9 Å². The fraction of sp³-hybridized carbons (Fsp3) is 0.450. The molecule has 1 aromatic heterocycles. The summed E-state index contributed by atoms with van der Waals surface area (Å²) in [5.41, 5.74) is -0.185. The Hall–Kier alpha value is -1.68. The quantitative estimate of drug-likeness (QED) is 0.303. The van der Waals surface area contributed by atoms with E-state index in [0.29, 0.717) is 42.4 Å². The molecule has 156 valence electrons.